The van der Waals surface area contributed by atoms with Crippen molar-refractivity contribution in [2.45, 2.75) is 18.7 Å². The van der Waals surface area contributed by atoms with Crippen LogP contribution in [-0.4, -0.2) is 55.4 Å². The number of ether oxygens (including phenoxy) is 1. The van der Waals surface area contributed by atoms with E-state index in [1.54, 1.807) is 12.3 Å². The quantitative estimate of drug-likeness (QED) is 0.848. The molecule has 1 aliphatic rings. The molecule has 24 heavy (non-hydrogen) atoms. The summed E-state index contributed by atoms with van der Waals surface area (Å²) in [6, 6.07) is 1.88. The molecular weight excluding hydrogens is 350 g/mol. The number of nitrogens with two attached hydrogens (primary N) is 1. The Bertz CT molecular complexity index is 837. The van der Waals surface area contributed by atoms with Gasteiger partial charge in [0.05, 0.1) is 41.8 Å². The Morgan fingerprint density at radius 3 is 2.88 bits per heavy atom. The normalized spacial score (nSPS) is 18.8. The SMILES string of the molecule is C[C@H]1COCCN1c1cc(CS(C)(=O)=O)nc(-c2cnc(N)s2)n1. The van der Waals surface area contributed by atoms with Gasteiger partial charge >= 0.3 is 0 Å². The first kappa shape index (κ1) is 17.1. The molecule has 0 amide bonds. The lowest BCUT2D eigenvalue weighted by molar-refractivity contribution is 0.0985. The Hall–Kier alpha value is -1.78. The largest absolute Gasteiger partial charge is 0.377 e. The highest BCUT2D eigenvalue weighted by Crippen LogP contribution is 2.28. The third-order valence-electron chi connectivity index (χ3n) is 3.58. The predicted molar refractivity (Wildman–Crippen MR) is 93.7 cm³/mol. The summed E-state index contributed by atoms with van der Waals surface area (Å²) in [5.41, 5.74) is 6.15. The number of hydrogen-bond acceptors (Lipinski definition) is 9. The highest BCUT2D eigenvalue weighted by atomic mass is 32.2. The van der Waals surface area contributed by atoms with Gasteiger partial charge in [0.15, 0.2) is 20.8 Å². The number of morpholine rings is 1. The van der Waals surface area contributed by atoms with E-state index in [1.807, 2.05) is 6.92 Å². The second-order valence-electron chi connectivity index (χ2n) is 5.79. The summed E-state index contributed by atoms with van der Waals surface area (Å²) < 4.78 is 28.8. The number of hydrogen-bond donors (Lipinski definition) is 1. The first-order valence-corrected chi connectivity index (χ1v) is 10.3. The summed E-state index contributed by atoms with van der Waals surface area (Å²) >= 11 is 1.27. The molecule has 1 saturated heterocycles. The summed E-state index contributed by atoms with van der Waals surface area (Å²) in [4.78, 5) is 15.8. The second kappa shape index (κ2) is 6.61. The minimum Gasteiger partial charge on any atom is -0.377 e. The maximum Gasteiger partial charge on any atom is 0.180 e. The first-order valence-electron chi connectivity index (χ1n) is 7.43. The molecule has 0 bridgehead atoms. The van der Waals surface area contributed by atoms with Crippen LogP contribution in [0.4, 0.5) is 10.9 Å². The predicted octanol–water partition coefficient (Wildman–Crippen LogP) is 0.952. The first-order chi connectivity index (χ1) is 11.3. The molecule has 2 N–H and O–H groups in total. The van der Waals surface area contributed by atoms with Crippen molar-refractivity contribution in [3.05, 3.63) is 18.0 Å². The van der Waals surface area contributed by atoms with Crippen LogP contribution in [0.3, 0.4) is 0 Å². The molecule has 0 spiro atoms. The zero-order valence-corrected chi connectivity index (χ0v) is 15.1. The van der Waals surface area contributed by atoms with E-state index in [1.165, 1.54) is 17.6 Å². The van der Waals surface area contributed by atoms with Gasteiger partial charge in [-0.3, -0.25) is 0 Å². The van der Waals surface area contributed by atoms with E-state index >= 15 is 0 Å². The molecule has 1 atom stereocenters. The Morgan fingerprint density at radius 2 is 2.25 bits per heavy atom. The number of aromatic nitrogens is 3. The van der Waals surface area contributed by atoms with Crippen molar-refractivity contribution in [1.29, 1.82) is 0 Å². The number of sulfone groups is 1. The minimum atomic E-state index is -3.20. The fourth-order valence-electron chi connectivity index (χ4n) is 2.54. The van der Waals surface area contributed by atoms with Crippen molar-refractivity contribution in [3.63, 3.8) is 0 Å². The lowest BCUT2D eigenvalue weighted by Gasteiger charge is -2.34. The van der Waals surface area contributed by atoms with Gasteiger partial charge in [0.1, 0.15) is 5.82 Å². The zero-order valence-electron chi connectivity index (χ0n) is 13.5. The Kier molecular flexibility index (Phi) is 4.70. The molecule has 0 unspecified atom stereocenters. The van der Waals surface area contributed by atoms with Gasteiger partial charge in [-0.25, -0.2) is 23.4 Å². The van der Waals surface area contributed by atoms with Gasteiger partial charge in [-0.2, -0.15) is 0 Å². The summed E-state index contributed by atoms with van der Waals surface area (Å²) in [6.45, 7) is 3.95. The van der Waals surface area contributed by atoms with Crippen molar-refractivity contribution in [3.8, 4) is 10.7 Å². The van der Waals surface area contributed by atoms with Crippen LogP contribution in [0.1, 0.15) is 12.6 Å². The topological polar surface area (TPSA) is 111 Å². The molecule has 3 rings (SSSR count). The second-order valence-corrected chi connectivity index (χ2v) is 8.99. The van der Waals surface area contributed by atoms with Crippen LogP contribution in [0.15, 0.2) is 12.3 Å². The van der Waals surface area contributed by atoms with Crippen molar-refractivity contribution >= 4 is 32.1 Å². The number of nitrogen functional groups attached to an aromatic ring is 1. The summed E-state index contributed by atoms with van der Waals surface area (Å²) in [6.07, 6.45) is 2.79. The average molecular weight is 369 g/mol. The molecule has 0 aliphatic carbocycles. The smallest absolute Gasteiger partial charge is 0.180 e. The standard InChI is InChI=1S/C14H19N5O3S2/c1-9-7-22-4-3-19(9)12-5-10(8-24(2,20)21)17-13(18-12)11-6-16-14(15)23-11/h5-6,9H,3-4,7-8H2,1-2H3,(H2,15,16)/t9-/m0/s1. The van der Waals surface area contributed by atoms with Crippen LogP contribution in [0.5, 0.6) is 0 Å². The molecule has 8 nitrogen and oxygen atoms in total. The van der Waals surface area contributed by atoms with Crippen LogP contribution in [0, 0.1) is 0 Å². The molecule has 130 valence electrons. The van der Waals surface area contributed by atoms with Crippen LogP contribution in [0.2, 0.25) is 0 Å². The Balaban J connectivity index is 2.05. The highest BCUT2D eigenvalue weighted by molar-refractivity contribution is 7.89. The van der Waals surface area contributed by atoms with Gasteiger partial charge in [0.2, 0.25) is 0 Å². The molecule has 1 fully saturated rings. The fraction of sp³-hybridized carbons (Fsp3) is 0.500. The van der Waals surface area contributed by atoms with E-state index in [0.717, 1.165) is 0 Å². The molecule has 2 aromatic rings. The van der Waals surface area contributed by atoms with E-state index in [2.05, 4.69) is 19.9 Å². The third kappa shape index (κ3) is 4.00. The molecule has 0 saturated carbocycles. The average Bonchev–Trinajstić information content (AvgIpc) is 2.92. The minimum absolute atomic E-state index is 0.136. The maximum absolute atomic E-state index is 11.7. The van der Waals surface area contributed by atoms with Gasteiger partial charge in [0.25, 0.3) is 0 Å². The van der Waals surface area contributed by atoms with Gasteiger partial charge in [-0.1, -0.05) is 11.3 Å². The van der Waals surface area contributed by atoms with Crippen molar-refractivity contribution in [2.24, 2.45) is 0 Å². The highest BCUT2D eigenvalue weighted by Gasteiger charge is 2.23. The van der Waals surface area contributed by atoms with Crippen LogP contribution < -0.4 is 10.6 Å². The summed E-state index contributed by atoms with van der Waals surface area (Å²) in [5, 5.41) is 0.420. The zero-order chi connectivity index (χ0) is 17.3. The van der Waals surface area contributed by atoms with Crippen LogP contribution >= 0.6 is 11.3 Å². The number of nitrogens with zero attached hydrogens (tertiary/aromatic N) is 4. The molecule has 0 aromatic carbocycles. The van der Waals surface area contributed by atoms with E-state index < -0.39 is 9.84 Å². The van der Waals surface area contributed by atoms with Gasteiger partial charge < -0.3 is 15.4 Å². The van der Waals surface area contributed by atoms with Gasteiger partial charge in [0, 0.05) is 18.9 Å². The molecular formula is C14H19N5O3S2. The maximum atomic E-state index is 11.7. The number of anilines is 2. The lowest BCUT2D eigenvalue weighted by Crippen LogP contribution is -2.44. The van der Waals surface area contributed by atoms with E-state index in [0.29, 0.717) is 47.1 Å². The fourth-order valence-corrected chi connectivity index (χ4v) is 3.85. The molecule has 2 aromatic heterocycles. The van der Waals surface area contributed by atoms with E-state index in [-0.39, 0.29) is 11.8 Å². The van der Waals surface area contributed by atoms with Crippen molar-refractivity contribution in [1.82, 2.24) is 15.0 Å². The Labute approximate surface area is 144 Å². The van der Waals surface area contributed by atoms with Crippen LogP contribution in [-0.2, 0) is 20.3 Å². The molecule has 1 aliphatic heterocycles. The number of rotatable bonds is 4. The van der Waals surface area contributed by atoms with Gasteiger partial charge in [-0.15, -0.1) is 0 Å². The molecule has 10 heteroatoms. The molecule has 0 radical (unpaired) electrons. The van der Waals surface area contributed by atoms with E-state index in [9.17, 15) is 8.42 Å². The lowest BCUT2D eigenvalue weighted by atomic mass is 10.2. The van der Waals surface area contributed by atoms with Crippen molar-refractivity contribution < 1.29 is 13.2 Å². The number of thiazole rings is 1. The van der Waals surface area contributed by atoms with Crippen LogP contribution in [0.25, 0.3) is 10.7 Å². The monoisotopic (exact) mass is 369 g/mol. The molecule has 3 heterocycles. The Morgan fingerprint density at radius 1 is 1.46 bits per heavy atom. The third-order valence-corrected chi connectivity index (χ3v) is 5.22. The summed E-state index contributed by atoms with van der Waals surface area (Å²) in [5.74, 6) is 1.00. The van der Waals surface area contributed by atoms with Gasteiger partial charge in [-0.05, 0) is 6.92 Å². The van der Waals surface area contributed by atoms with E-state index in [4.69, 9.17) is 10.5 Å². The van der Waals surface area contributed by atoms with Crippen molar-refractivity contribution in [2.75, 3.05) is 36.6 Å². The summed E-state index contributed by atoms with van der Waals surface area (Å²) in [7, 11) is -3.20.